The van der Waals surface area contributed by atoms with Gasteiger partial charge in [0.2, 0.25) is 0 Å². The summed E-state index contributed by atoms with van der Waals surface area (Å²) in [6.07, 6.45) is 2.08. The van der Waals surface area contributed by atoms with Crippen molar-refractivity contribution in [2.45, 2.75) is 105 Å². The zero-order chi connectivity index (χ0) is 44.3. The first-order valence-electron chi connectivity index (χ1n) is 22.4. The zero-order valence-corrected chi connectivity index (χ0v) is 38.6. The van der Waals surface area contributed by atoms with Crippen LogP contribution in [0.4, 0.5) is 0 Å². The molecule has 6 aromatic carbocycles. The van der Waals surface area contributed by atoms with Gasteiger partial charge in [0.1, 0.15) is 17.3 Å². The van der Waals surface area contributed by atoms with Crippen molar-refractivity contribution in [3.05, 3.63) is 137 Å². The van der Waals surface area contributed by atoms with Crippen molar-refractivity contribution in [2.75, 3.05) is 0 Å². The monoisotopic (exact) mass is 822 g/mol. The molecule has 0 spiro atoms. The lowest BCUT2D eigenvalue weighted by Gasteiger charge is -2.25. The van der Waals surface area contributed by atoms with Gasteiger partial charge in [0.15, 0.2) is 5.58 Å². The number of pyridine rings is 1. The van der Waals surface area contributed by atoms with Crippen LogP contribution in [-0.2, 0) is 21.7 Å². The Bertz CT molecular complexity index is 3760. The fourth-order valence-electron chi connectivity index (χ4n) is 10.3. The van der Waals surface area contributed by atoms with Crippen LogP contribution >= 0.6 is 0 Å². The van der Waals surface area contributed by atoms with Gasteiger partial charge in [-0.25, -0.2) is 4.98 Å². The van der Waals surface area contributed by atoms with Crippen LogP contribution in [0.2, 0.25) is 0 Å². The van der Waals surface area contributed by atoms with Crippen LogP contribution in [-0.4, -0.2) is 14.0 Å². The number of rotatable bonds is 2. The highest BCUT2D eigenvalue weighted by atomic mass is 16.3. The standard InChI is InChI=1S/C58H54N4O/c1-55(2,3)34-22-23-44-38(25-34)50-48-40-27-35(56(4,5)6)26-39-47-45(24-33(30-59)52-49(47)41-28-36(57(7,8)9)29-42(53(41)63-52)58(10,11)12)61(51(39)40)46(48)31-60-54(50)62(44)43-21-17-16-20-37(43)32-18-14-13-15-19-32/h13-29,31H,1-12H3. The van der Waals surface area contributed by atoms with E-state index in [0.717, 1.165) is 77.2 Å². The number of hydrogen-bond acceptors (Lipinski definition) is 3. The van der Waals surface area contributed by atoms with Gasteiger partial charge in [0.05, 0.1) is 39.5 Å². The van der Waals surface area contributed by atoms with Gasteiger partial charge in [0, 0.05) is 54.2 Å². The molecule has 0 N–H and O–H groups in total. The number of para-hydroxylation sites is 1. The van der Waals surface area contributed by atoms with Crippen molar-refractivity contribution in [1.29, 1.82) is 5.26 Å². The molecule has 0 aliphatic heterocycles. The number of nitrogens with zero attached hydrogens (tertiary/aromatic N) is 4. The molecule has 5 heteroatoms. The molecular formula is C58H54N4O. The Balaban J connectivity index is 1.38. The van der Waals surface area contributed by atoms with E-state index in [1.807, 2.05) is 0 Å². The van der Waals surface area contributed by atoms with Crippen LogP contribution in [0.25, 0.3) is 98.8 Å². The van der Waals surface area contributed by atoms with Crippen LogP contribution in [0.1, 0.15) is 111 Å². The molecule has 63 heavy (non-hydrogen) atoms. The molecule has 0 unspecified atom stereocenters. The second-order valence-corrected chi connectivity index (χ2v) is 22.1. The number of benzene rings is 6. The Hall–Kier alpha value is -6.64. The van der Waals surface area contributed by atoms with Crippen LogP contribution in [0.3, 0.4) is 0 Å². The predicted octanol–water partition coefficient (Wildman–Crippen LogP) is 16.0. The lowest BCUT2D eigenvalue weighted by atomic mass is 9.79. The highest BCUT2D eigenvalue weighted by molar-refractivity contribution is 6.36. The lowest BCUT2D eigenvalue weighted by molar-refractivity contribution is 0.559. The van der Waals surface area contributed by atoms with Gasteiger partial charge < -0.3 is 8.82 Å². The molecule has 0 bridgehead atoms. The summed E-state index contributed by atoms with van der Waals surface area (Å²) < 4.78 is 11.7. The van der Waals surface area contributed by atoms with Gasteiger partial charge in [-0.2, -0.15) is 5.26 Å². The molecule has 0 atom stereocenters. The molecule has 5 nitrogen and oxygen atoms in total. The van der Waals surface area contributed by atoms with E-state index >= 15 is 0 Å². The topological polar surface area (TPSA) is 59.2 Å². The number of fused-ring (bicyclic) bond motifs is 14. The van der Waals surface area contributed by atoms with E-state index in [4.69, 9.17) is 9.40 Å². The van der Waals surface area contributed by atoms with E-state index < -0.39 is 0 Å². The van der Waals surface area contributed by atoms with Crippen molar-refractivity contribution in [1.82, 2.24) is 14.0 Å². The Kier molecular flexibility index (Phi) is 7.93. The van der Waals surface area contributed by atoms with Crippen LogP contribution in [0.15, 0.2) is 114 Å². The van der Waals surface area contributed by atoms with Gasteiger partial charge in [0.25, 0.3) is 0 Å². The first-order valence-corrected chi connectivity index (χ1v) is 22.4. The zero-order valence-electron chi connectivity index (χ0n) is 38.6. The maximum Gasteiger partial charge on any atom is 0.153 e. The Labute approximate surface area is 368 Å². The van der Waals surface area contributed by atoms with Gasteiger partial charge in [-0.1, -0.05) is 144 Å². The number of furan rings is 1. The summed E-state index contributed by atoms with van der Waals surface area (Å²) >= 11 is 0. The molecule has 0 saturated heterocycles. The fourth-order valence-corrected chi connectivity index (χ4v) is 10.3. The molecule has 11 rings (SSSR count). The molecule has 0 radical (unpaired) electrons. The predicted molar refractivity (Wildman–Crippen MR) is 265 cm³/mol. The van der Waals surface area contributed by atoms with E-state index in [0.29, 0.717) is 11.1 Å². The van der Waals surface area contributed by atoms with Crippen molar-refractivity contribution < 1.29 is 4.42 Å². The summed E-state index contributed by atoms with van der Waals surface area (Å²) in [5, 5.41) is 20.0. The fraction of sp³-hybridized carbons (Fsp3) is 0.276. The highest BCUT2D eigenvalue weighted by Crippen LogP contribution is 2.51. The molecule has 5 aromatic heterocycles. The first-order chi connectivity index (χ1) is 29.8. The summed E-state index contributed by atoms with van der Waals surface area (Å²) in [6.45, 7) is 27.4. The Morgan fingerprint density at radius 1 is 0.524 bits per heavy atom. The smallest absolute Gasteiger partial charge is 0.153 e. The number of hydrogen-bond donors (Lipinski definition) is 0. The molecule has 11 aromatic rings. The summed E-state index contributed by atoms with van der Waals surface area (Å²) in [4.78, 5) is 5.50. The molecule has 0 aliphatic rings. The van der Waals surface area contributed by atoms with Gasteiger partial charge in [-0.15, -0.1) is 0 Å². The molecule has 5 heterocycles. The number of aromatic nitrogens is 3. The minimum Gasteiger partial charge on any atom is -0.454 e. The molecule has 0 amide bonds. The largest absolute Gasteiger partial charge is 0.454 e. The summed E-state index contributed by atoms with van der Waals surface area (Å²) in [5.41, 5.74) is 15.1. The van der Waals surface area contributed by atoms with Crippen molar-refractivity contribution in [3.8, 4) is 22.9 Å². The van der Waals surface area contributed by atoms with Gasteiger partial charge in [-0.3, -0.25) is 4.57 Å². The minimum atomic E-state index is -0.186. The SMILES string of the molecule is CC(C)(C)c1cc(C(C)(C)C)c2oc3c(C#N)cc4c(c5cc(C(C)(C)C)cc6c7c8c9cc(C(C)(C)C)ccc9n(-c9ccccc9-c9ccccc9)c8ncc7n4c56)c3c2c1. The first kappa shape index (κ1) is 39.2. The van der Waals surface area contributed by atoms with Crippen molar-refractivity contribution >= 4 is 82.0 Å². The quantitative estimate of drug-likeness (QED) is 0.174. The van der Waals surface area contributed by atoms with Gasteiger partial charge in [-0.05, 0) is 86.4 Å². The molecule has 0 fully saturated rings. The summed E-state index contributed by atoms with van der Waals surface area (Å²) in [6, 6.07) is 40.5. The molecule has 312 valence electrons. The van der Waals surface area contributed by atoms with Crippen molar-refractivity contribution in [2.24, 2.45) is 0 Å². The van der Waals surface area contributed by atoms with E-state index in [2.05, 4.69) is 207 Å². The van der Waals surface area contributed by atoms with E-state index in [1.54, 1.807) is 0 Å². The third-order valence-corrected chi connectivity index (χ3v) is 13.7. The van der Waals surface area contributed by atoms with E-state index in [1.165, 1.54) is 38.2 Å². The summed E-state index contributed by atoms with van der Waals surface area (Å²) in [5.74, 6) is 0. The maximum atomic E-state index is 11.0. The summed E-state index contributed by atoms with van der Waals surface area (Å²) in [7, 11) is 0. The van der Waals surface area contributed by atoms with Crippen LogP contribution < -0.4 is 0 Å². The van der Waals surface area contributed by atoms with Crippen LogP contribution in [0.5, 0.6) is 0 Å². The second kappa shape index (κ2) is 12.7. The normalized spacial score (nSPS) is 13.4. The second-order valence-electron chi connectivity index (χ2n) is 22.1. The highest BCUT2D eigenvalue weighted by Gasteiger charge is 2.32. The molecule has 0 saturated carbocycles. The van der Waals surface area contributed by atoms with E-state index in [9.17, 15) is 5.26 Å². The van der Waals surface area contributed by atoms with E-state index in [-0.39, 0.29) is 21.7 Å². The third-order valence-electron chi connectivity index (χ3n) is 13.7. The Morgan fingerprint density at radius 2 is 1.13 bits per heavy atom. The average molecular weight is 823 g/mol. The Morgan fingerprint density at radius 3 is 1.78 bits per heavy atom. The average Bonchev–Trinajstić information content (AvgIpc) is 3.96. The van der Waals surface area contributed by atoms with Gasteiger partial charge >= 0.3 is 0 Å². The minimum absolute atomic E-state index is 0.0665. The molecule has 0 aliphatic carbocycles. The van der Waals surface area contributed by atoms with Crippen LogP contribution in [0, 0.1) is 11.3 Å². The number of nitriles is 1. The van der Waals surface area contributed by atoms with Crippen molar-refractivity contribution in [3.63, 3.8) is 0 Å². The molecular weight excluding hydrogens is 769 g/mol. The third kappa shape index (κ3) is 5.56. The lowest BCUT2D eigenvalue weighted by Crippen LogP contribution is -2.16. The maximum absolute atomic E-state index is 11.0.